The van der Waals surface area contributed by atoms with Crippen LogP contribution < -0.4 is 4.90 Å². The molecule has 0 aliphatic carbocycles. The number of hydrogen-bond acceptors (Lipinski definition) is 6. The smallest absolute Gasteiger partial charge is 0.389 e. The molecule has 0 fully saturated rings. The summed E-state index contributed by atoms with van der Waals surface area (Å²) < 4.78 is 38.4. The fraction of sp³-hybridized carbons (Fsp3) is 0.474. The van der Waals surface area contributed by atoms with Crippen LogP contribution in [0.5, 0.6) is 0 Å². The normalized spacial score (nSPS) is 12.1. The first-order chi connectivity index (χ1) is 14.8. The molecule has 2 aromatic rings. The number of rotatable bonds is 11. The van der Waals surface area contributed by atoms with Gasteiger partial charge in [-0.05, 0) is 38.2 Å². The Morgan fingerprint density at radius 3 is 2.77 bits per heavy atom. The lowest BCUT2D eigenvalue weighted by Gasteiger charge is -2.20. The molecule has 2 rings (SSSR count). The number of carbonyl (C=O) groups is 1. The van der Waals surface area contributed by atoms with Crippen LogP contribution >= 0.6 is 23.4 Å². The number of halogens is 4. The zero-order chi connectivity index (χ0) is 22.9. The third-order valence-electron chi connectivity index (χ3n) is 3.95. The summed E-state index contributed by atoms with van der Waals surface area (Å²) in [7, 11) is 0. The summed E-state index contributed by atoms with van der Waals surface area (Å²) in [5.74, 6) is -0.0994. The number of nitrogens with zero attached hydrogens (tertiary/aromatic N) is 5. The number of pyridine rings is 1. The maximum Gasteiger partial charge on any atom is 0.389 e. The van der Waals surface area contributed by atoms with Gasteiger partial charge < -0.3 is 9.74 Å². The van der Waals surface area contributed by atoms with E-state index in [0.717, 1.165) is 0 Å². The summed E-state index contributed by atoms with van der Waals surface area (Å²) in [4.78, 5) is 23.6. The van der Waals surface area contributed by atoms with E-state index in [0.29, 0.717) is 11.4 Å². The van der Waals surface area contributed by atoms with E-state index in [2.05, 4.69) is 15.2 Å². The molecular weight excluding hydrogens is 455 g/mol. The predicted octanol–water partition coefficient (Wildman–Crippen LogP) is 4.74. The van der Waals surface area contributed by atoms with Crippen LogP contribution in [0.1, 0.15) is 26.7 Å². The number of amides is 1. The van der Waals surface area contributed by atoms with Crippen LogP contribution in [-0.2, 0) is 9.63 Å². The SMILES string of the molecule is CCO/N=C(/CSCCCC(F)(F)F)C(=O)N(CC)c1cn(-c2cccnc2)nc1Cl. The number of thioether (sulfide) groups is 1. The van der Waals surface area contributed by atoms with Gasteiger partial charge >= 0.3 is 6.18 Å². The molecule has 2 aromatic heterocycles. The van der Waals surface area contributed by atoms with Gasteiger partial charge in [-0.1, -0.05) is 16.8 Å². The summed E-state index contributed by atoms with van der Waals surface area (Å²) in [6.45, 7) is 4.02. The second kappa shape index (κ2) is 11.9. The quantitative estimate of drug-likeness (QED) is 0.265. The Hall–Kier alpha value is -2.27. The van der Waals surface area contributed by atoms with Gasteiger partial charge in [0.05, 0.1) is 18.1 Å². The van der Waals surface area contributed by atoms with Crippen molar-refractivity contribution in [3.05, 3.63) is 35.9 Å². The second-order valence-corrected chi connectivity index (χ2v) is 7.70. The molecule has 0 spiro atoms. The van der Waals surface area contributed by atoms with Crippen LogP contribution in [0, 0.1) is 0 Å². The van der Waals surface area contributed by atoms with Gasteiger partial charge in [0.2, 0.25) is 0 Å². The predicted molar refractivity (Wildman–Crippen MR) is 116 cm³/mol. The van der Waals surface area contributed by atoms with Crippen molar-refractivity contribution in [2.75, 3.05) is 29.6 Å². The average Bonchev–Trinajstić information content (AvgIpc) is 3.12. The number of anilines is 1. The molecule has 0 N–H and O–H groups in total. The first-order valence-electron chi connectivity index (χ1n) is 9.57. The lowest BCUT2D eigenvalue weighted by molar-refractivity contribution is -0.134. The van der Waals surface area contributed by atoms with Crippen LogP contribution in [-0.4, -0.2) is 57.2 Å². The van der Waals surface area contributed by atoms with E-state index in [1.54, 1.807) is 44.6 Å². The van der Waals surface area contributed by atoms with Gasteiger partial charge in [-0.2, -0.15) is 30.0 Å². The number of hydrogen-bond donors (Lipinski definition) is 0. The van der Waals surface area contributed by atoms with E-state index in [4.69, 9.17) is 16.4 Å². The van der Waals surface area contributed by atoms with Crippen molar-refractivity contribution in [3.8, 4) is 5.69 Å². The molecule has 0 atom stereocenters. The molecular formula is C19H23ClF3N5O2S. The highest BCUT2D eigenvalue weighted by Gasteiger charge is 2.27. The molecule has 12 heteroatoms. The summed E-state index contributed by atoms with van der Waals surface area (Å²) in [5, 5.41) is 8.23. The summed E-state index contributed by atoms with van der Waals surface area (Å²) >= 11 is 7.47. The summed E-state index contributed by atoms with van der Waals surface area (Å²) in [6.07, 6.45) is -0.259. The van der Waals surface area contributed by atoms with Gasteiger partial charge in [0, 0.05) is 24.9 Å². The Labute approximate surface area is 187 Å². The van der Waals surface area contributed by atoms with Gasteiger partial charge in [-0.3, -0.25) is 9.78 Å². The van der Waals surface area contributed by atoms with Crippen molar-refractivity contribution in [3.63, 3.8) is 0 Å². The van der Waals surface area contributed by atoms with Crippen molar-refractivity contribution in [1.29, 1.82) is 0 Å². The second-order valence-electron chi connectivity index (χ2n) is 6.24. The molecule has 0 aliphatic rings. The molecule has 0 saturated heterocycles. The molecule has 31 heavy (non-hydrogen) atoms. The summed E-state index contributed by atoms with van der Waals surface area (Å²) in [6, 6.07) is 3.54. The Kier molecular flexibility index (Phi) is 9.63. The maximum absolute atomic E-state index is 13.1. The van der Waals surface area contributed by atoms with Crippen molar-refractivity contribution in [2.45, 2.75) is 32.9 Å². The van der Waals surface area contributed by atoms with E-state index in [9.17, 15) is 18.0 Å². The molecule has 1 amide bonds. The number of oxime groups is 1. The number of aromatic nitrogens is 3. The van der Waals surface area contributed by atoms with Crippen LogP contribution in [0.3, 0.4) is 0 Å². The third kappa shape index (κ3) is 7.73. The minimum absolute atomic E-state index is 0.0362. The van der Waals surface area contributed by atoms with Crippen LogP contribution in [0.15, 0.2) is 35.9 Å². The van der Waals surface area contributed by atoms with Crippen LogP contribution in [0.25, 0.3) is 5.69 Å². The maximum atomic E-state index is 13.1. The topological polar surface area (TPSA) is 72.6 Å². The molecule has 0 unspecified atom stereocenters. The zero-order valence-electron chi connectivity index (χ0n) is 17.1. The Balaban J connectivity index is 2.14. The summed E-state index contributed by atoms with van der Waals surface area (Å²) in [5.41, 5.74) is 1.14. The molecule has 2 heterocycles. The minimum atomic E-state index is -4.19. The van der Waals surface area contributed by atoms with E-state index < -0.39 is 18.5 Å². The van der Waals surface area contributed by atoms with Crippen molar-refractivity contribution in [2.24, 2.45) is 5.16 Å². The largest absolute Gasteiger partial charge is 0.396 e. The highest BCUT2D eigenvalue weighted by molar-refractivity contribution is 8.00. The monoisotopic (exact) mass is 477 g/mol. The Morgan fingerprint density at radius 2 is 2.16 bits per heavy atom. The van der Waals surface area contributed by atoms with E-state index in [1.807, 2.05) is 0 Å². The highest BCUT2D eigenvalue weighted by Crippen LogP contribution is 2.27. The lowest BCUT2D eigenvalue weighted by Crippen LogP contribution is -2.38. The lowest BCUT2D eigenvalue weighted by atomic mass is 10.3. The average molecular weight is 478 g/mol. The minimum Gasteiger partial charge on any atom is -0.396 e. The van der Waals surface area contributed by atoms with Crippen LogP contribution in [0.2, 0.25) is 5.15 Å². The highest BCUT2D eigenvalue weighted by atomic mass is 35.5. The van der Waals surface area contributed by atoms with E-state index >= 15 is 0 Å². The van der Waals surface area contributed by atoms with E-state index in [-0.39, 0.29) is 41.9 Å². The van der Waals surface area contributed by atoms with Gasteiger partial charge in [0.15, 0.2) is 10.9 Å². The third-order valence-corrected chi connectivity index (χ3v) is 5.28. The first-order valence-corrected chi connectivity index (χ1v) is 11.1. The molecule has 0 bridgehead atoms. The van der Waals surface area contributed by atoms with Gasteiger partial charge in [0.25, 0.3) is 5.91 Å². The standard InChI is InChI=1S/C19H23ClF3N5O2S/c1-3-27(16-12-28(25-17(16)20)14-7-5-9-24-11-14)18(29)15(26-30-4-2)13-31-10-6-8-19(21,22)23/h5,7,9,11-12H,3-4,6,8,10,13H2,1-2H3/b26-15-. The fourth-order valence-electron chi connectivity index (χ4n) is 2.54. The molecule has 0 aromatic carbocycles. The number of alkyl halides is 3. The number of carbonyl (C=O) groups excluding carboxylic acids is 1. The van der Waals surface area contributed by atoms with Gasteiger partial charge in [-0.25, -0.2) is 4.68 Å². The zero-order valence-corrected chi connectivity index (χ0v) is 18.7. The van der Waals surface area contributed by atoms with E-state index in [1.165, 1.54) is 21.3 Å². The van der Waals surface area contributed by atoms with Crippen molar-refractivity contribution >= 4 is 40.7 Å². The van der Waals surface area contributed by atoms with Gasteiger partial charge in [-0.15, -0.1) is 0 Å². The molecule has 0 aliphatic heterocycles. The molecule has 0 saturated carbocycles. The van der Waals surface area contributed by atoms with Crippen molar-refractivity contribution < 1.29 is 22.8 Å². The molecule has 170 valence electrons. The molecule has 7 nitrogen and oxygen atoms in total. The molecule has 0 radical (unpaired) electrons. The fourth-order valence-corrected chi connectivity index (χ4v) is 3.63. The van der Waals surface area contributed by atoms with Gasteiger partial charge in [0.1, 0.15) is 12.3 Å². The van der Waals surface area contributed by atoms with Crippen molar-refractivity contribution in [1.82, 2.24) is 14.8 Å². The Bertz CT molecular complexity index is 877. The Morgan fingerprint density at radius 1 is 1.39 bits per heavy atom. The van der Waals surface area contributed by atoms with Crippen LogP contribution in [0.4, 0.5) is 18.9 Å². The first kappa shape index (κ1) is 25.0.